The van der Waals surface area contributed by atoms with Gasteiger partial charge in [0.1, 0.15) is 0 Å². The Morgan fingerprint density at radius 3 is 2.67 bits per heavy atom. The number of hydrogen-bond acceptors (Lipinski definition) is 2. The molecule has 0 radical (unpaired) electrons. The van der Waals surface area contributed by atoms with Gasteiger partial charge in [0, 0.05) is 15.2 Å². The molecule has 0 saturated carbocycles. The molecule has 2 aromatic rings. The lowest BCUT2D eigenvalue weighted by molar-refractivity contribution is 0.0977. The van der Waals surface area contributed by atoms with Crippen molar-refractivity contribution >= 4 is 56.5 Å². The quantitative estimate of drug-likeness (QED) is 0.748. The van der Waals surface area contributed by atoms with E-state index < -0.39 is 0 Å². The lowest BCUT2D eigenvalue weighted by atomic mass is 10.2. The minimum Gasteiger partial charge on any atom is -0.332 e. The van der Waals surface area contributed by atoms with Crippen LogP contribution in [0.3, 0.4) is 0 Å². The number of thiocarbonyl (C=S) groups is 1. The average molecular weight is 384 g/mol. The second-order valence-electron chi connectivity index (χ2n) is 4.35. The molecule has 0 bridgehead atoms. The first-order valence-corrected chi connectivity index (χ1v) is 7.68. The molecule has 2 N–H and O–H groups in total. The Labute approximate surface area is 141 Å². The third-order valence-electron chi connectivity index (χ3n) is 2.79. The standard InChI is InChI=1S/C15H12BrClN2OS/c1-9-6-7-10(17)8-13(9)18-15(21)19-14(20)11-4-2-3-5-12(11)16/h2-8H,1H3,(H2,18,19,20,21). The lowest BCUT2D eigenvalue weighted by Gasteiger charge is -2.12. The van der Waals surface area contributed by atoms with Crippen molar-refractivity contribution in [3.63, 3.8) is 0 Å². The Balaban J connectivity index is 2.07. The third-order valence-corrected chi connectivity index (χ3v) is 3.92. The van der Waals surface area contributed by atoms with Gasteiger partial charge < -0.3 is 5.32 Å². The van der Waals surface area contributed by atoms with Gasteiger partial charge in [0.2, 0.25) is 0 Å². The lowest BCUT2D eigenvalue weighted by Crippen LogP contribution is -2.34. The predicted molar refractivity (Wildman–Crippen MR) is 94.0 cm³/mol. The van der Waals surface area contributed by atoms with E-state index in [1.165, 1.54) is 0 Å². The Kier molecular flexibility index (Phi) is 5.33. The highest BCUT2D eigenvalue weighted by molar-refractivity contribution is 9.10. The van der Waals surface area contributed by atoms with E-state index in [1.54, 1.807) is 30.3 Å². The zero-order valence-corrected chi connectivity index (χ0v) is 14.3. The molecule has 21 heavy (non-hydrogen) atoms. The number of nitrogens with one attached hydrogen (secondary N) is 2. The summed E-state index contributed by atoms with van der Waals surface area (Å²) in [7, 11) is 0. The van der Waals surface area contributed by atoms with Crippen LogP contribution in [0, 0.1) is 6.92 Å². The predicted octanol–water partition coefficient (Wildman–Crippen LogP) is 4.54. The van der Waals surface area contributed by atoms with E-state index in [0.29, 0.717) is 15.1 Å². The van der Waals surface area contributed by atoms with Crippen molar-refractivity contribution in [1.29, 1.82) is 0 Å². The van der Waals surface area contributed by atoms with Gasteiger partial charge in [-0.05, 0) is 64.9 Å². The van der Waals surface area contributed by atoms with Crippen molar-refractivity contribution in [3.05, 3.63) is 63.1 Å². The van der Waals surface area contributed by atoms with E-state index in [4.69, 9.17) is 23.8 Å². The van der Waals surface area contributed by atoms with Gasteiger partial charge in [-0.15, -0.1) is 0 Å². The summed E-state index contributed by atoms with van der Waals surface area (Å²) in [6.07, 6.45) is 0. The summed E-state index contributed by atoms with van der Waals surface area (Å²) in [4.78, 5) is 12.1. The maximum Gasteiger partial charge on any atom is 0.258 e. The summed E-state index contributed by atoms with van der Waals surface area (Å²) < 4.78 is 0.712. The van der Waals surface area contributed by atoms with Crippen molar-refractivity contribution in [2.24, 2.45) is 0 Å². The number of carbonyl (C=O) groups is 1. The molecule has 6 heteroatoms. The summed E-state index contributed by atoms with van der Waals surface area (Å²) in [5, 5.41) is 6.43. The summed E-state index contributed by atoms with van der Waals surface area (Å²) in [6.45, 7) is 1.93. The summed E-state index contributed by atoms with van der Waals surface area (Å²) in [5.41, 5.74) is 2.27. The maximum absolute atomic E-state index is 12.1. The van der Waals surface area contributed by atoms with Crippen LogP contribution in [0.4, 0.5) is 5.69 Å². The van der Waals surface area contributed by atoms with Crippen LogP contribution in [0.5, 0.6) is 0 Å². The molecule has 0 fully saturated rings. The van der Waals surface area contributed by atoms with E-state index in [0.717, 1.165) is 11.3 Å². The Morgan fingerprint density at radius 2 is 1.95 bits per heavy atom. The summed E-state index contributed by atoms with van der Waals surface area (Å²) in [5.74, 6) is -0.278. The molecule has 1 amide bonds. The molecule has 0 atom stereocenters. The molecule has 0 unspecified atom stereocenters. The molecule has 2 aromatic carbocycles. The fourth-order valence-corrected chi connectivity index (χ4v) is 2.54. The van der Waals surface area contributed by atoms with E-state index in [-0.39, 0.29) is 11.0 Å². The molecule has 0 spiro atoms. The van der Waals surface area contributed by atoms with Crippen molar-refractivity contribution < 1.29 is 4.79 Å². The van der Waals surface area contributed by atoms with E-state index in [2.05, 4.69) is 26.6 Å². The zero-order valence-electron chi connectivity index (χ0n) is 11.1. The van der Waals surface area contributed by atoms with Crippen LogP contribution >= 0.6 is 39.7 Å². The van der Waals surface area contributed by atoms with Crippen LogP contribution in [-0.4, -0.2) is 11.0 Å². The number of benzene rings is 2. The normalized spacial score (nSPS) is 10.0. The van der Waals surface area contributed by atoms with Gasteiger partial charge in [-0.1, -0.05) is 29.8 Å². The fourth-order valence-electron chi connectivity index (χ4n) is 1.70. The van der Waals surface area contributed by atoms with Crippen LogP contribution in [0.25, 0.3) is 0 Å². The highest BCUT2D eigenvalue weighted by Crippen LogP contribution is 2.20. The minimum atomic E-state index is -0.278. The first-order valence-electron chi connectivity index (χ1n) is 6.10. The molecule has 108 valence electrons. The number of aryl methyl sites for hydroxylation is 1. The van der Waals surface area contributed by atoms with E-state index in [9.17, 15) is 4.79 Å². The van der Waals surface area contributed by atoms with Gasteiger partial charge in [-0.25, -0.2) is 0 Å². The number of anilines is 1. The Bertz CT molecular complexity index is 706. The van der Waals surface area contributed by atoms with Crippen molar-refractivity contribution in [2.75, 3.05) is 5.32 Å². The molecule has 0 aliphatic heterocycles. The summed E-state index contributed by atoms with van der Waals surface area (Å²) in [6, 6.07) is 12.6. The smallest absolute Gasteiger partial charge is 0.258 e. The molecule has 0 saturated heterocycles. The number of rotatable bonds is 2. The molecule has 2 rings (SSSR count). The highest BCUT2D eigenvalue weighted by atomic mass is 79.9. The van der Waals surface area contributed by atoms with Crippen LogP contribution in [0.1, 0.15) is 15.9 Å². The third kappa shape index (κ3) is 4.27. The van der Waals surface area contributed by atoms with Crippen molar-refractivity contribution in [1.82, 2.24) is 5.32 Å². The topological polar surface area (TPSA) is 41.1 Å². The van der Waals surface area contributed by atoms with Crippen LogP contribution in [-0.2, 0) is 0 Å². The molecule has 0 aromatic heterocycles. The summed E-state index contributed by atoms with van der Waals surface area (Å²) >= 11 is 14.4. The van der Waals surface area contributed by atoms with Gasteiger partial charge in [0.25, 0.3) is 5.91 Å². The van der Waals surface area contributed by atoms with Gasteiger partial charge in [-0.2, -0.15) is 0 Å². The monoisotopic (exact) mass is 382 g/mol. The molecule has 0 aliphatic rings. The van der Waals surface area contributed by atoms with Crippen LogP contribution in [0.2, 0.25) is 5.02 Å². The molecule has 3 nitrogen and oxygen atoms in total. The zero-order chi connectivity index (χ0) is 15.4. The minimum absolute atomic E-state index is 0.223. The van der Waals surface area contributed by atoms with Crippen molar-refractivity contribution in [3.8, 4) is 0 Å². The number of hydrogen-bond donors (Lipinski definition) is 2. The Hall–Kier alpha value is -1.43. The number of amides is 1. The van der Waals surface area contributed by atoms with E-state index >= 15 is 0 Å². The first-order chi connectivity index (χ1) is 9.97. The first kappa shape index (κ1) is 15.9. The molecule has 0 heterocycles. The van der Waals surface area contributed by atoms with Crippen molar-refractivity contribution in [2.45, 2.75) is 6.92 Å². The van der Waals surface area contributed by atoms with Gasteiger partial charge in [0.05, 0.1) is 5.56 Å². The largest absolute Gasteiger partial charge is 0.332 e. The maximum atomic E-state index is 12.1. The molecular weight excluding hydrogens is 372 g/mol. The fraction of sp³-hybridized carbons (Fsp3) is 0.0667. The van der Waals surface area contributed by atoms with Gasteiger partial charge in [0.15, 0.2) is 5.11 Å². The Morgan fingerprint density at radius 1 is 1.24 bits per heavy atom. The molecular formula is C15H12BrClN2OS. The number of halogens is 2. The second-order valence-corrected chi connectivity index (χ2v) is 6.05. The molecule has 0 aliphatic carbocycles. The van der Waals surface area contributed by atoms with Gasteiger partial charge in [-0.3, -0.25) is 10.1 Å². The SMILES string of the molecule is Cc1ccc(Cl)cc1NC(=S)NC(=O)c1ccccc1Br. The van der Waals surface area contributed by atoms with Gasteiger partial charge >= 0.3 is 0 Å². The van der Waals surface area contributed by atoms with Crippen LogP contribution < -0.4 is 10.6 Å². The van der Waals surface area contributed by atoms with E-state index in [1.807, 2.05) is 19.1 Å². The highest BCUT2D eigenvalue weighted by Gasteiger charge is 2.11. The average Bonchev–Trinajstić information content (AvgIpc) is 2.43. The number of carbonyl (C=O) groups excluding carboxylic acids is 1. The van der Waals surface area contributed by atoms with Crippen LogP contribution in [0.15, 0.2) is 46.9 Å². The second kappa shape index (κ2) is 7.02.